The van der Waals surface area contributed by atoms with Gasteiger partial charge in [-0.1, -0.05) is 6.42 Å². The van der Waals surface area contributed by atoms with Crippen LogP contribution in [0.5, 0.6) is 5.75 Å². The number of carbonyl (C=O) groups excluding carboxylic acids is 1. The van der Waals surface area contributed by atoms with Gasteiger partial charge in [-0.3, -0.25) is 9.69 Å². The minimum absolute atomic E-state index is 0.117. The number of Topliss-reactive ketones (excluding diaryl/α,β-unsaturated/α-hetero) is 1. The molecule has 1 aliphatic carbocycles. The van der Waals surface area contributed by atoms with Gasteiger partial charge in [0.15, 0.2) is 5.78 Å². The van der Waals surface area contributed by atoms with Crippen molar-refractivity contribution in [1.29, 1.82) is 0 Å². The van der Waals surface area contributed by atoms with Gasteiger partial charge in [0, 0.05) is 12.1 Å². The first kappa shape index (κ1) is 12.1. The Morgan fingerprint density at radius 3 is 2.53 bits per heavy atom. The molecule has 0 heterocycles. The Kier molecular flexibility index (Phi) is 3.79. The van der Waals surface area contributed by atoms with E-state index in [1.54, 1.807) is 24.3 Å². The number of nitrogens with zero attached hydrogens (tertiary/aromatic N) is 1. The predicted molar refractivity (Wildman–Crippen MR) is 67.3 cm³/mol. The van der Waals surface area contributed by atoms with Crippen LogP contribution in [0.2, 0.25) is 0 Å². The molecular weight excluding hydrogens is 214 g/mol. The summed E-state index contributed by atoms with van der Waals surface area (Å²) in [6.07, 6.45) is 3.94. The van der Waals surface area contributed by atoms with Crippen molar-refractivity contribution in [3.8, 4) is 5.75 Å². The number of carbonyl (C=O) groups is 1. The summed E-state index contributed by atoms with van der Waals surface area (Å²) in [4.78, 5) is 14.0. The SMILES string of the molecule is CN(CC(=O)c1ccc(O)cc1)CC1CCC1. The number of ketones is 1. The molecule has 0 aromatic heterocycles. The Bertz CT molecular complexity index is 382. The number of phenolic OH excluding ortho intramolecular Hbond substituents is 1. The lowest BCUT2D eigenvalue weighted by Gasteiger charge is -2.29. The zero-order chi connectivity index (χ0) is 12.3. The van der Waals surface area contributed by atoms with Gasteiger partial charge >= 0.3 is 0 Å². The van der Waals surface area contributed by atoms with Crippen LogP contribution in [-0.4, -0.2) is 35.9 Å². The van der Waals surface area contributed by atoms with Crippen LogP contribution in [0.4, 0.5) is 0 Å². The van der Waals surface area contributed by atoms with Crippen LogP contribution in [0.25, 0.3) is 0 Å². The van der Waals surface area contributed by atoms with Crippen molar-refractivity contribution in [1.82, 2.24) is 4.90 Å². The normalized spacial score (nSPS) is 15.9. The number of benzene rings is 1. The molecule has 1 saturated carbocycles. The van der Waals surface area contributed by atoms with Crippen LogP contribution >= 0.6 is 0 Å². The molecule has 0 radical (unpaired) electrons. The molecule has 92 valence electrons. The summed E-state index contributed by atoms with van der Waals surface area (Å²) in [7, 11) is 2.00. The lowest BCUT2D eigenvalue weighted by molar-refractivity contribution is 0.0925. The summed E-state index contributed by atoms with van der Waals surface area (Å²) in [5.41, 5.74) is 0.670. The lowest BCUT2D eigenvalue weighted by atomic mass is 9.85. The van der Waals surface area contributed by atoms with Crippen LogP contribution in [-0.2, 0) is 0 Å². The second-order valence-corrected chi connectivity index (χ2v) is 4.96. The third-order valence-electron chi connectivity index (χ3n) is 3.40. The van der Waals surface area contributed by atoms with Crippen molar-refractivity contribution in [2.24, 2.45) is 5.92 Å². The molecular formula is C14H19NO2. The van der Waals surface area contributed by atoms with Gasteiger partial charge in [0.2, 0.25) is 0 Å². The molecule has 0 spiro atoms. The minimum atomic E-state index is 0.117. The van der Waals surface area contributed by atoms with Crippen LogP contribution in [0.1, 0.15) is 29.6 Å². The first-order chi connectivity index (χ1) is 8.15. The van der Waals surface area contributed by atoms with Crippen LogP contribution in [0, 0.1) is 5.92 Å². The van der Waals surface area contributed by atoms with Crippen LogP contribution in [0.3, 0.4) is 0 Å². The Hall–Kier alpha value is -1.35. The second kappa shape index (κ2) is 5.32. The average molecular weight is 233 g/mol. The number of hydrogen-bond acceptors (Lipinski definition) is 3. The van der Waals surface area contributed by atoms with Gasteiger partial charge in [0.05, 0.1) is 6.54 Å². The zero-order valence-electron chi connectivity index (χ0n) is 10.2. The molecule has 1 fully saturated rings. The fraction of sp³-hybridized carbons (Fsp3) is 0.500. The summed E-state index contributed by atoms with van der Waals surface area (Å²) < 4.78 is 0. The maximum atomic E-state index is 11.9. The fourth-order valence-corrected chi connectivity index (χ4v) is 2.16. The van der Waals surface area contributed by atoms with Gasteiger partial charge in [-0.05, 0) is 50.1 Å². The Labute approximate surface area is 102 Å². The Morgan fingerprint density at radius 1 is 1.35 bits per heavy atom. The van der Waals surface area contributed by atoms with Gasteiger partial charge < -0.3 is 5.11 Å². The van der Waals surface area contributed by atoms with Crippen molar-refractivity contribution >= 4 is 5.78 Å². The summed E-state index contributed by atoms with van der Waals surface area (Å²) in [6.45, 7) is 1.48. The van der Waals surface area contributed by atoms with Crippen molar-refractivity contribution in [2.45, 2.75) is 19.3 Å². The van der Waals surface area contributed by atoms with Crippen LogP contribution in [0.15, 0.2) is 24.3 Å². The third-order valence-corrected chi connectivity index (χ3v) is 3.40. The Morgan fingerprint density at radius 2 is 2.00 bits per heavy atom. The quantitative estimate of drug-likeness (QED) is 0.793. The summed E-state index contributed by atoms with van der Waals surface area (Å²) in [6, 6.07) is 6.46. The maximum Gasteiger partial charge on any atom is 0.176 e. The van der Waals surface area contributed by atoms with E-state index in [2.05, 4.69) is 4.90 Å². The third kappa shape index (κ3) is 3.30. The molecule has 1 aromatic rings. The second-order valence-electron chi connectivity index (χ2n) is 4.96. The highest BCUT2D eigenvalue weighted by molar-refractivity contribution is 5.97. The topological polar surface area (TPSA) is 40.5 Å². The van der Waals surface area contributed by atoms with Gasteiger partial charge in [-0.25, -0.2) is 0 Å². The first-order valence-corrected chi connectivity index (χ1v) is 6.16. The summed E-state index contributed by atoms with van der Waals surface area (Å²) >= 11 is 0. The van der Waals surface area contributed by atoms with Crippen LogP contribution < -0.4 is 0 Å². The van der Waals surface area contributed by atoms with Gasteiger partial charge in [-0.2, -0.15) is 0 Å². The number of rotatable bonds is 5. The van der Waals surface area contributed by atoms with E-state index in [-0.39, 0.29) is 11.5 Å². The van der Waals surface area contributed by atoms with Crippen molar-refractivity contribution in [2.75, 3.05) is 20.1 Å². The Balaban J connectivity index is 1.85. The summed E-state index contributed by atoms with van der Waals surface area (Å²) in [5, 5.41) is 9.16. The van der Waals surface area contributed by atoms with Gasteiger partial charge in [-0.15, -0.1) is 0 Å². The molecule has 17 heavy (non-hydrogen) atoms. The minimum Gasteiger partial charge on any atom is -0.508 e. The smallest absolute Gasteiger partial charge is 0.176 e. The number of aromatic hydroxyl groups is 1. The lowest BCUT2D eigenvalue weighted by Crippen LogP contribution is -2.33. The van der Waals surface area contributed by atoms with Gasteiger partial charge in [0.1, 0.15) is 5.75 Å². The maximum absolute atomic E-state index is 11.9. The van der Waals surface area contributed by atoms with E-state index in [1.807, 2.05) is 7.05 Å². The first-order valence-electron chi connectivity index (χ1n) is 6.16. The van der Waals surface area contributed by atoms with Gasteiger partial charge in [0.25, 0.3) is 0 Å². The van der Waals surface area contributed by atoms with E-state index in [4.69, 9.17) is 5.11 Å². The molecule has 3 nitrogen and oxygen atoms in total. The standard InChI is InChI=1S/C14H19NO2/c1-15(9-11-3-2-4-11)10-14(17)12-5-7-13(16)8-6-12/h5-8,11,16H,2-4,9-10H2,1H3. The predicted octanol–water partition coefficient (Wildman–Crippen LogP) is 2.31. The number of hydrogen-bond donors (Lipinski definition) is 1. The van der Waals surface area contributed by atoms with E-state index in [9.17, 15) is 4.79 Å². The highest BCUT2D eigenvalue weighted by Gasteiger charge is 2.20. The number of likely N-dealkylation sites (N-methyl/N-ethyl adjacent to an activating group) is 1. The van der Waals surface area contributed by atoms with Crippen molar-refractivity contribution in [3.05, 3.63) is 29.8 Å². The molecule has 0 saturated heterocycles. The van der Waals surface area contributed by atoms with Crippen molar-refractivity contribution in [3.63, 3.8) is 0 Å². The monoisotopic (exact) mass is 233 g/mol. The highest BCUT2D eigenvalue weighted by atomic mass is 16.3. The molecule has 1 aliphatic rings. The average Bonchev–Trinajstić information content (AvgIpc) is 2.24. The molecule has 0 aliphatic heterocycles. The van der Waals surface area contributed by atoms with E-state index in [0.717, 1.165) is 12.5 Å². The molecule has 0 atom stereocenters. The molecule has 0 bridgehead atoms. The zero-order valence-corrected chi connectivity index (χ0v) is 10.2. The van der Waals surface area contributed by atoms with E-state index >= 15 is 0 Å². The fourth-order valence-electron chi connectivity index (χ4n) is 2.16. The van der Waals surface area contributed by atoms with E-state index in [0.29, 0.717) is 12.1 Å². The molecule has 3 heteroatoms. The largest absolute Gasteiger partial charge is 0.508 e. The molecule has 1 N–H and O–H groups in total. The molecule has 0 amide bonds. The molecule has 0 unspecified atom stereocenters. The molecule has 2 rings (SSSR count). The van der Waals surface area contributed by atoms with Crippen molar-refractivity contribution < 1.29 is 9.90 Å². The van der Waals surface area contributed by atoms with E-state index in [1.165, 1.54) is 19.3 Å². The number of phenols is 1. The molecule has 1 aromatic carbocycles. The van der Waals surface area contributed by atoms with E-state index < -0.39 is 0 Å². The highest BCUT2D eigenvalue weighted by Crippen LogP contribution is 2.26. The summed E-state index contributed by atoms with van der Waals surface area (Å²) in [5.74, 6) is 1.10.